The molecule has 4 nitrogen and oxygen atoms in total. The number of amides is 1. The summed E-state index contributed by atoms with van der Waals surface area (Å²) < 4.78 is 0. The molecule has 1 aliphatic heterocycles. The number of para-hydroxylation sites is 2. The third-order valence-electron chi connectivity index (χ3n) is 8.39. The number of nitrogens with zero attached hydrogens (tertiary/aromatic N) is 1. The number of rotatable bonds is 6. The lowest BCUT2D eigenvalue weighted by atomic mass is 9.77. The fourth-order valence-corrected chi connectivity index (χ4v) is 6.07. The molecular weight excluding hydrogens is 492 g/mol. The topological polar surface area (TPSA) is 49.4 Å². The summed E-state index contributed by atoms with van der Waals surface area (Å²) in [7, 11) is 0. The van der Waals surface area contributed by atoms with Crippen molar-refractivity contribution in [2.24, 2.45) is 0 Å². The minimum Gasteiger partial charge on any atom is -0.357 e. The molecule has 40 heavy (non-hydrogen) atoms. The van der Waals surface area contributed by atoms with Crippen LogP contribution in [0.2, 0.25) is 0 Å². The van der Waals surface area contributed by atoms with Gasteiger partial charge in [0.1, 0.15) is 0 Å². The lowest BCUT2D eigenvalue weighted by molar-refractivity contribution is -0.119. The van der Waals surface area contributed by atoms with Crippen molar-refractivity contribution in [3.63, 3.8) is 0 Å². The highest BCUT2D eigenvalue weighted by molar-refractivity contribution is 6.06. The van der Waals surface area contributed by atoms with E-state index in [0.717, 1.165) is 59.5 Å². The summed E-state index contributed by atoms with van der Waals surface area (Å²) in [6.07, 6.45) is 4.53. The molecule has 2 aliphatic rings. The number of nitrogens with one attached hydrogen (secondary N) is 1. The van der Waals surface area contributed by atoms with Gasteiger partial charge in [-0.1, -0.05) is 107 Å². The summed E-state index contributed by atoms with van der Waals surface area (Å²) in [6.45, 7) is 10.9. The first-order chi connectivity index (χ1) is 19.2. The van der Waals surface area contributed by atoms with Crippen LogP contribution in [0.5, 0.6) is 0 Å². The van der Waals surface area contributed by atoms with E-state index in [0.29, 0.717) is 12.8 Å². The van der Waals surface area contributed by atoms with Gasteiger partial charge in [0.2, 0.25) is 5.91 Å². The van der Waals surface area contributed by atoms with E-state index >= 15 is 0 Å². The predicted octanol–water partition coefficient (Wildman–Crippen LogP) is 8.77. The third-order valence-corrected chi connectivity index (χ3v) is 8.39. The molecule has 0 radical (unpaired) electrons. The Kier molecular flexibility index (Phi) is 7.98. The lowest BCUT2D eigenvalue weighted by Gasteiger charge is -2.35. The van der Waals surface area contributed by atoms with Crippen LogP contribution in [-0.4, -0.2) is 11.7 Å². The van der Waals surface area contributed by atoms with Crippen LogP contribution in [-0.2, 0) is 15.0 Å². The van der Waals surface area contributed by atoms with Crippen LogP contribution in [0.3, 0.4) is 0 Å². The lowest BCUT2D eigenvalue weighted by Crippen LogP contribution is -2.38. The van der Waals surface area contributed by atoms with Crippen LogP contribution in [0.1, 0.15) is 100 Å². The van der Waals surface area contributed by atoms with Gasteiger partial charge >= 0.3 is 0 Å². The first-order valence-corrected chi connectivity index (χ1v) is 14.8. The summed E-state index contributed by atoms with van der Waals surface area (Å²) in [6, 6.07) is 24.6. The molecule has 0 fully saturated rings. The van der Waals surface area contributed by atoms with Crippen molar-refractivity contribution < 1.29 is 9.59 Å². The van der Waals surface area contributed by atoms with Crippen LogP contribution in [0.15, 0.2) is 84.1 Å². The molecule has 0 spiro atoms. The number of allylic oxidation sites excluding steroid dienone is 1. The van der Waals surface area contributed by atoms with E-state index < -0.39 is 6.04 Å². The molecular formula is C36H42N2O2. The Morgan fingerprint density at radius 2 is 1.57 bits per heavy atom. The van der Waals surface area contributed by atoms with Gasteiger partial charge in [-0.15, -0.1) is 0 Å². The van der Waals surface area contributed by atoms with E-state index in [-0.39, 0.29) is 23.0 Å². The second-order valence-corrected chi connectivity index (χ2v) is 12.5. The zero-order valence-electron chi connectivity index (χ0n) is 24.6. The molecule has 1 N–H and O–H groups in total. The van der Waals surface area contributed by atoms with Crippen molar-refractivity contribution in [1.82, 2.24) is 0 Å². The molecule has 208 valence electrons. The number of hydrogen-bond donors (Lipinski definition) is 1. The normalized spacial score (nSPS) is 19.0. The van der Waals surface area contributed by atoms with Crippen LogP contribution >= 0.6 is 0 Å². The Labute approximate surface area is 239 Å². The van der Waals surface area contributed by atoms with Gasteiger partial charge in [-0.2, -0.15) is 0 Å². The Balaban J connectivity index is 1.61. The van der Waals surface area contributed by atoms with E-state index in [1.165, 1.54) is 11.1 Å². The molecule has 0 unspecified atom stereocenters. The molecule has 0 saturated heterocycles. The average molecular weight is 535 g/mol. The number of carbonyl (C=O) groups is 2. The molecule has 3 aromatic rings. The van der Waals surface area contributed by atoms with Crippen LogP contribution < -0.4 is 10.2 Å². The number of carbonyl (C=O) groups excluding carboxylic acids is 2. The van der Waals surface area contributed by atoms with Crippen molar-refractivity contribution in [2.45, 2.75) is 90.5 Å². The molecule has 1 heterocycles. The molecule has 0 aromatic heterocycles. The number of fused-ring (bicyclic) bond motifs is 1. The van der Waals surface area contributed by atoms with E-state index in [1.54, 1.807) is 0 Å². The largest absolute Gasteiger partial charge is 0.357 e. The third kappa shape index (κ3) is 5.63. The SMILES string of the molecule is CCCCCC(=O)N1c2ccccc2NC2=C(C(=O)C[C@@H](c3ccc(C(C)(C)C)cc3)C2)[C@@H]1c1ccc(C)cc1. The highest BCUT2D eigenvalue weighted by Crippen LogP contribution is 2.47. The molecule has 4 heteroatoms. The Morgan fingerprint density at radius 3 is 2.25 bits per heavy atom. The van der Waals surface area contributed by atoms with Crippen LogP contribution in [0.25, 0.3) is 0 Å². The highest BCUT2D eigenvalue weighted by Gasteiger charge is 2.41. The molecule has 5 rings (SSSR count). The van der Waals surface area contributed by atoms with Gasteiger partial charge in [-0.25, -0.2) is 0 Å². The minimum atomic E-state index is -0.461. The van der Waals surface area contributed by atoms with Crippen LogP contribution in [0.4, 0.5) is 11.4 Å². The number of Topliss-reactive ketones (excluding diaryl/α,β-unsaturated/α-hetero) is 1. The Morgan fingerprint density at radius 1 is 0.900 bits per heavy atom. The maximum Gasteiger partial charge on any atom is 0.227 e. The first-order valence-electron chi connectivity index (χ1n) is 14.8. The van der Waals surface area contributed by atoms with Gasteiger partial charge in [-0.05, 0) is 59.9 Å². The maximum atomic E-state index is 14.2. The quantitative estimate of drug-likeness (QED) is 0.322. The smallest absolute Gasteiger partial charge is 0.227 e. The van der Waals surface area contributed by atoms with E-state index in [9.17, 15) is 9.59 Å². The zero-order valence-corrected chi connectivity index (χ0v) is 24.6. The number of anilines is 2. The molecule has 2 atom stereocenters. The molecule has 0 bridgehead atoms. The summed E-state index contributed by atoms with van der Waals surface area (Å²) in [5, 5.41) is 3.66. The van der Waals surface area contributed by atoms with Crippen molar-refractivity contribution in [3.05, 3.63) is 106 Å². The standard InChI is InChI=1S/C36H42N2O2/c1-6-7-8-13-33(40)38-31-12-10-9-11-29(31)37-30-22-27(25-18-20-28(21-19-25)36(3,4)5)23-32(39)34(30)35(38)26-16-14-24(2)15-17-26/h9-12,14-21,27,35,37H,6-8,13,22-23H2,1-5H3/t27-,35-/m0/s1. The van der Waals surface area contributed by atoms with Gasteiger partial charge in [0, 0.05) is 24.1 Å². The monoisotopic (exact) mass is 534 g/mol. The van der Waals surface area contributed by atoms with E-state index in [4.69, 9.17) is 0 Å². The summed E-state index contributed by atoms with van der Waals surface area (Å²) in [5.74, 6) is 0.267. The predicted molar refractivity (Wildman–Crippen MR) is 165 cm³/mol. The maximum absolute atomic E-state index is 14.2. The summed E-state index contributed by atoms with van der Waals surface area (Å²) in [5.41, 5.74) is 8.06. The summed E-state index contributed by atoms with van der Waals surface area (Å²) >= 11 is 0. The van der Waals surface area contributed by atoms with E-state index in [1.807, 2.05) is 29.2 Å². The Hall–Kier alpha value is -3.66. The molecule has 0 saturated carbocycles. The second kappa shape index (κ2) is 11.4. The van der Waals surface area contributed by atoms with Gasteiger partial charge in [-0.3, -0.25) is 14.5 Å². The second-order valence-electron chi connectivity index (χ2n) is 12.5. The summed E-state index contributed by atoms with van der Waals surface area (Å²) in [4.78, 5) is 30.1. The zero-order chi connectivity index (χ0) is 28.4. The molecule has 3 aromatic carbocycles. The minimum absolute atomic E-state index is 0.0646. The van der Waals surface area contributed by atoms with Gasteiger partial charge in [0.05, 0.1) is 17.4 Å². The molecule has 1 aliphatic carbocycles. The number of hydrogen-bond acceptors (Lipinski definition) is 3. The van der Waals surface area contributed by atoms with Gasteiger partial charge < -0.3 is 5.32 Å². The van der Waals surface area contributed by atoms with Gasteiger partial charge in [0.15, 0.2) is 5.78 Å². The van der Waals surface area contributed by atoms with Crippen molar-refractivity contribution >= 4 is 23.1 Å². The van der Waals surface area contributed by atoms with Crippen LogP contribution in [0, 0.1) is 6.92 Å². The fourth-order valence-electron chi connectivity index (χ4n) is 6.07. The first kappa shape index (κ1) is 27.9. The van der Waals surface area contributed by atoms with E-state index in [2.05, 4.69) is 88.5 Å². The number of unbranched alkanes of at least 4 members (excludes halogenated alkanes) is 2. The number of ketones is 1. The van der Waals surface area contributed by atoms with Crippen molar-refractivity contribution in [3.8, 4) is 0 Å². The van der Waals surface area contributed by atoms with Gasteiger partial charge in [0.25, 0.3) is 0 Å². The fraction of sp³-hybridized carbons (Fsp3) is 0.389. The van der Waals surface area contributed by atoms with Crippen molar-refractivity contribution in [1.29, 1.82) is 0 Å². The highest BCUT2D eigenvalue weighted by atomic mass is 16.2. The average Bonchev–Trinajstić information content (AvgIpc) is 3.08. The van der Waals surface area contributed by atoms with Crippen molar-refractivity contribution in [2.75, 3.05) is 10.2 Å². The molecule has 1 amide bonds. The number of aryl methyl sites for hydroxylation is 1. The number of benzene rings is 3. The Bertz CT molecular complexity index is 1410.